The van der Waals surface area contributed by atoms with Gasteiger partial charge in [0.05, 0.1) is 6.54 Å². The number of H-pyrrole nitrogens is 1. The summed E-state index contributed by atoms with van der Waals surface area (Å²) in [6, 6.07) is 9.32. The second-order valence-electron chi connectivity index (χ2n) is 3.96. The van der Waals surface area contributed by atoms with Crippen LogP contribution in [0.15, 0.2) is 51.5 Å². The van der Waals surface area contributed by atoms with Crippen LogP contribution in [-0.2, 0) is 6.54 Å². The van der Waals surface area contributed by atoms with Gasteiger partial charge in [-0.05, 0) is 22.4 Å². The average molecular weight is 258 g/mol. The van der Waals surface area contributed by atoms with Crippen molar-refractivity contribution in [3.63, 3.8) is 0 Å². The molecule has 0 saturated carbocycles. The summed E-state index contributed by atoms with van der Waals surface area (Å²) in [5.41, 5.74) is 0.334. The largest absolute Gasteiger partial charge is 0.328 e. The van der Waals surface area contributed by atoms with E-state index >= 15 is 0 Å². The van der Waals surface area contributed by atoms with Crippen molar-refractivity contribution in [3.8, 4) is 0 Å². The minimum Gasteiger partial charge on any atom is -0.314 e. The molecule has 90 valence electrons. The first-order valence-corrected chi connectivity index (χ1v) is 6.37. The lowest BCUT2D eigenvalue weighted by atomic mass is 10.2. The highest BCUT2D eigenvalue weighted by Crippen LogP contribution is 2.25. The Morgan fingerprint density at radius 2 is 2.00 bits per heavy atom. The van der Waals surface area contributed by atoms with Gasteiger partial charge in [0.15, 0.2) is 0 Å². The van der Waals surface area contributed by atoms with E-state index in [4.69, 9.17) is 0 Å². The molecule has 2 heterocycles. The maximum atomic E-state index is 11.6. The Morgan fingerprint density at radius 3 is 2.83 bits per heavy atom. The van der Waals surface area contributed by atoms with Crippen molar-refractivity contribution in [2.24, 2.45) is 0 Å². The van der Waals surface area contributed by atoms with E-state index in [1.165, 1.54) is 16.8 Å². The minimum absolute atomic E-state index is 0.283. The SMILES string of the molecule is O=c1cc[nH]c(=O)n1Cc1csc2ccccc12. The Balaban J connectivity index is 2.13. The van der Waals surface area contributed by atoms with Crippen LogP contribution in [0.4, 0.5) is 0 Å². The predicted octanol–water partition coefficient (Wildman–Crippen LogP) is 1.80. The topological polar surface area (TPSA) is 54.9 Å². The highest BCUT2D eigenvalue weighted by atomic mass is 32.1. The fraction of sp³-hybridized carbons (Fsp3) is 0.0769. The molecular weight excluding hydrogens is 248 g/mol. The van der Waals surface area contributed by atoms with Crippen LogP contribution in [0.5, 0.6) is 0 Å². The second kappa shape index (κ2) is 4.27. The van der Waals surface area contributed by atoms with Gasteiger partial charge in [-0.25, -0.2) is 4.79 Å². The zero-order valence-electron chi connectivity index (χ0n) is 9.42. The summed E-state index contributed by atoms with van der Waals surface area (Å²) in [5.74, 6) is 0. The molecule has 0 bridgehead atoms. The number of nitrogens with zero attached hydrogens (tertiary/aromatic N) is 1. The van der Waals surface area contributed by atoms with Crippen LogP contribution in [0, 0.1) is 0 Å². The van der Waals surface area contributed by atoms with Gasteiger partial charge in [0, 0.05) is 17.0 Å². The molecule has 0 saturated heterocycles. The lowest BCUT2D eigenvalue weighted by Crippen LogP contribution is -2.34. The number of aromatic nitrogens is 2. The van der Waals surface area contributed by atoms with Gasteiger partial charge in [-0.15, -0.1) is 11.3 Å². The van der Waals surface area contributed by atoms with Crippen LogP contribution in [0.2, 0.25) is 0 Å². The number of nitrogens with one attached hydrogen (secondary N) is 1. The van der Waals surface area contributed by atoms with Gasteiger partial charge in [0.1, 0.15) is 0 Å². The molecule has 0 aliphatic carbocycles. The summed E-state index contributed by atoms with van der Waals surface area (Å²) in [7, 11) is 0. The van der Waals surface area contributed by atoms with Crippen molar-refractivity contribution in [2.45, 2.75) is 6.54 Å². The Kier molecular flexibility index (Phi) is 2.60. The van der Waals surface area contributed by atoms with E-state index in [9.17, 15) is 9.59 Å². The fourth-order valence-electron chi connectivity index (χ4n) is 1.93. The maximum Gasteiger partial charge on any atom is 0.328 e. The van der Waals surface area contributed by atoms with Gasteiger partial charge in [-0.3, -0.25) is 9.36 Å². The first kappa shape index (κ1) is 11.0. The molecule has 3 aromatic rings. The highest BCUT2D eigenvalue weighted by Gasteiger charge is 2.06. The van der Waals surface area contributed by atoms with Crippen LogP contribution in [0.1, 0.15) is 5.56 Å². The smallest absolute Gasteiger partial charge is 0.314 e. The van der Waals surface area contributed by atoms with Crippen molar-refractivity contribution < 1.29 is 0 Å². The number of rotatable bonds is 2. The maximum absolute atomic E-state index is 11.6. The molecule has 0 aliphatic heterocycles. The molecule has 0 unspecified atom stereocenters. The van der Waals surface area contributed by atoms with E-state index in [2.05, 4.69) is 4.98 Å². The molecule has 0 fully saturated rings. The summed E-state index contributed by atoms with van der Waals surface area (Å²) in [6.07, 6.45) is 1.37. The summed E-state index contributed by atoms with van der Waals surface area (Å²) < 4.78 is 2.36. The average Bonchev–Trinajstić information content (AvgIpc) is 2.77. The monoisotopic (exact) mass is 258 g/mol. The van der Waals surface area contributed by atoms with E-state index < -0.39 is 0 Å². The van der Waals surface area contributed by atoms with Crippen LogP contribution in [0.3, 0.4) is 0 Å². The van der Waals surface area contributed by atoms with Crippen molar-refractivity contribution in [1.29, 1.82) is 0 Å². The molecule has 1 aromatic carbocycles. The lowest BCUT2D eigenvalue weighted by Gasteiger charge is -2.02. The second-order valence-corrected chi connectivity index (χ2v) is 4.88. The number of hydrogen-bond donors (Lipinski definition) is 1. The van der Waals surface area contributed by atoms with Gasteiger partial charge < -0.3 is 4.98 Å². The third-order valence-electron chi connectivity index (χ3n) is 2.83. The zero-order chi connectivity index (χ0) is 12.5. The molecule has 18 heavy (non-hydrogen) atoms. The standard InChI is InChI=1S/C13H10N2O2S/c16-12-5-6-14-13(17)15(12)7-9-8-18-11-4-2-1-3-10(9)11/h1-6,8H,7H2,(H,14,17). The van der Waals surface area contributed by atoms with E-state index in [1.807, 2.05) is 29.6 Å². The summed E-state index contributed by atoms with van der Waals surface area (Å²) in [5, 5.41) is 3.08. The number of fused-ring (bicyclic) bond motifs is 1. The van der Waals surface area contributed by atoms with Gasteiger partial charge in [0.2, 0.25) is 0 Å². The Morgan fingerprint density at radius 1 is 1.17 bits per heavy atom. The summed E-state index contributed by atoms with van der Waals surface area (Å²) in [6.45, 7) is 0.305. The van der Waals surface area contributed by atoms with Gasteiger partial charge >= 0.3 is 5.69 Å². The van der Waals surface area contributed by atoms with Crippen LogP contribution >= 0.6 is 11.3 Å². The van der Waals surface area contributed by atoms with Crippen LogP contribution in [-0.4, -0.2) is 9.55 Å². The molecule has 4 nitrogen and oxygen atoms in total. The molecule has 0 amide bonds. The number of thiophene rings is 1. The van der Waals surface area contributed by atoms with Gasteiger partial charge in [-0.2, -0.15) is 0 Å². The number of hydrogen-bond acceptors (Lipinski definition) is 3. The van der Waals surface area contributed by atoms with Crippen LogP contribution in [0.25, 0.3) is 10.1 Å². The van der Waals surface area contributed by atoms with Crippen LogP contribution < -0.4 is 11.2 Å². The van der Waals surface area contributed by atoms with Crippen molar-refractivity contribution >= 4 is 21.4 Å². The highest BCUT2D eigenvalue weighted by molar-refractivity contribution is 7.17. The van der Waals surface area contributed by atoms with Crippen molar-refractivity contribution in [3.05, 3.63) is 68.3 Å². The quantitative estimate of drug-likeness (QED) is 0.762. The van der Waals surface area contributed by atoms with E-state index in [-0.39, 0.29) is 11.2 Å². The molecule has 1 N–H and O–H groups in total. The molecule has 5 heteroatoms. The van der Waals surface area contributed by atoms with E-state index in [1.54, 1.807) is 11.3 Å². The van der Waals surface area contributed by atoms with Gasteiger partial charge in [0.25, 0.3) is 5.56 Å². The molecule has 0 radical (unpaired) electrons. The summed E-state index contributed by atoms with van der Waals surface area (Å²) in [4.78, 5) is 25.8. The summed E-state index contributed by atoms with van der Waals surface area (Å²) >= 11 is 1.62. The number of benzene rings is 1. The van der Waals surface area contributed by atoms with Crippen molar-refractivity contribution in [2.75, 3.05) is 0 Å². The molecule has 0 aliphatic rings. The lowest BCUT2D eigenvalue weighted by molar-refractivity contribution is 0.703. The van der Waals surface area contributed by atoms with E-state index in [0.717, 1.165) is 15.6 Å². The third-order valence-corrected chi connectivity index (χ3v) is 3.85. The molecule has 0 spiro atoms. The number of aromatic amines is 1. The van der Waals surface area contributed by atoms with Gasteiger partial charge in [-0.1, -0.05) is 18.2 Å². The molecule has 2 aromatic heterocycles. The molecule has 3 rings (SSSR count). The minimum atomic E-state index is -0.377. The Hall–Kier alpha value is -2.14. The first-order valence-electron chi connectivity index (χ1n) is 5.49. The van der Waals surface area contributed by atoms with Crippen molar-refractivity contribution in [1.82, 2.24) is 9.55 Å². The Labute approximate surface area is 106 Å². The molecule has 0 atom stereocenters. The Bertz CT molecular complexity index is 785. The fourth-order valence-corrected chi connectivity index (χ4v) is 2.88. The zero-order valence-corrected chi connectivity index (χ0v) is 10.2. The molecular formula is C13H10N2O2S. The predicted molar refractivity (Wildman–Crippen MR) is 72.2 cm³/mol. The third kappa shape index (κ3) is 1.78. The van der Waals surface area contributed by atoms with E-state index in [0.29, 0.717) is 6.54 Å². The first-order chi connectivity index (χ1) is 8.75. The normalized spacial score (nSPS) is 10.9.